The van der Waals surface area contributed by atoms with Gasteiger partial charge in [0, 0.05) is 11.5 Å². The van der Waals surface area contributed by atoms with Crippen LogP contribution in [0.4, 0.5) is 22.0 Å². The first-order chi connectivity index (χ1) is 6.89. The van der Waals surface area contributed by atoms with Crippen molar-refractivity contribution in [1.82, 2.24) is 0 Å². The normalized spacial score (nSPS) is 12.3. The van der Waals surface area contributed by atoms with E-state index in [1.165, 1.54) is 0 Å². The molecule has 2 rings (SSSR count). The third-order valence-corrected chi connectivity index (χ3v) is 1.90. The molecule has 1 nitrogen and oxygen atoms in total. The van der Waals surface area contributed by atoms with Crippen LogP contribution in [-0.2, 0) is 6.18 Å². The molecule has 0 aliphatic heterocycles. The first kappa shape index (κ1) is 9.95. The Labute approximate surface area is 80.1 Å². The standard InChI is InChI=1S/C9H3F5O/c10-4-1-5-6(9(12,13)14)3-15-8(5)7(11)2-4/h1-3H. The molecule has 1 aromatic carbocycles. The molecule has 1 heterocycles. The van der Waals surface area contributed by atoms with Crippen LogP contribution in [0.25, 0.3) is 11.0 Å². The van der Waals surface area contributed by atoms with Crippen molar-refractivity contribution in [3.8, 4) is 0 Å². The van der Waals surface area contributed by atoms with Crippen molar-refractivity contribution in [2.24, 2.45) is 0 Å². The summed E-state index contributed by atoms with van der Waals surface area (Å²) in [4.78, 5) is 0. The average molecular weight is 222 g/mol. The quantitative estimate of drug-likeness (QED) is 0.619. The molecule has 0 saturated heterocycles. The van der Waals surface area contributed by atoms with Gasteiger partial charge in [-0.3, -0.25) is 0 Å². The van der Waals surface area contributed by atoms with E-state index in [-0.39, 0.29) is 0 Å². The second-order valence-electron chi connectivity index (χ2n) is 2.91. The smallest absolute Gasteiger partial charge is 0.420 e. The summed E-state index contributed by atoms with van der Waals surface area (Å²) >= 11 is 0. The Morgan fingerprint density at radius 2 is 1.73 bits per heavy atom. The van der Waals surface area contributed by atoms with E-state index in [2.05, 4.69) is 4.42 Å². The van der Waals surface area contributed by atoms with Gasteiger partial charge in [0.25, 0.3) is 0 Å². The molecule has 0 saturated carbocycles. The minimum Gasteiger partial charge on any atom is -0.461 e. The Bertz CT molecular complexity index is 511. The van der Waals surface area contributed by atoms with E-state index < -0.39 is 34.3 Å². The summed E-state index contributed by atoms with van der Waals surface area (Å²) < 4.78 is 67.0. The molecule has 0 unspecified atom stereocenters. The highest BCUT2D eigenvalue weighted by Crippen LogP contribution is 2.37. The van der Waals surface area contributed by atoms with Crippen molar-refractivity contribution in [1.29, 1.82) is 0 Å². The molecule has 0 fully saturated rings. The lowest BCUT2D eigenvalue weighted by Crippen LogP contribution is -2.03. The van der Waals surface area contributed by atoms with E-state index in [9.17, 15) is 22.0 Å². The van der Waals surface area contributed by atoms with Gasteiger partial charge in [-0.25, -0.2) is 8.78 Å². The molecule has 0 aliphatic carbocycles. The summed E-state index contributed by atoms with van der Waals surface area (Å²) in [6.45, 7) is 0. The topological polar surface area (TPSA) is 13.1 Å². The molecule has 0 atom stereocenters. The first-order valence-electron chi connectivity index (χ1n) is 3.83. The second kappa shape index (κ2) is 2.95. The predicted octanol–water partition coefficient (Wildman–Crippen LogP) is 3.73. The van der Waals surface area contributed by atoms with Crippen molar-refractivity contribution >= 4 is 11.0 Å². The number of hydrogen-bond acceptors (Lipinski definition) is 1. The highest BCUT2D eigenvalue weighted by molar-refractivity contribution is 5.82. The highest BCUT2D eigenvalue weighted by Gasteiger charge is 2.35. The van der Waals surface area contributed by atoms with Gasteiger partial charge in [0.2, 0.25) is 0 Å². The lowest BCUT2D eigenvalue weighted by atomic mass is 10.1. The predicted molar refractivity (Wildman–Crippen MR) is 41.1 cm³/mol. The minimum atomic E-state index is -4.69. The largest absolute Gasteiger partial charge is 0.461 e. The lowest BCUT2D eigenvalue weighted by Gasteiger charge is -2.02. The van der Waals surface area contributed by atoms with Crippen LogP contribution in [0.1, 0.15) is 5.56 Å². The fourth-order valence-electron chi connectivity index (χ4n) is 1.28. The Kier molecular flexibility index (Phi) is 1.95. The molecule has 15 heavy (non-hydrogen) atoms. The maximum Gasteiger partial charge on any atom is 0.420 e. The first-order valence-corrected chi connectivity index (χ1v) is 3.83. The number of halogens is 5. The Morgan fingerprint density at radius 3 is 2.33 bits per heavy atom. The summed E-state index contributed by atoms with van der Waals surface area (Å²) in [5.41, 5.74) is -1.78. The van der Waals surface area contributed by atoms with Crippen LogP contribution in [0.15, 0.2) is 22.8 Å². The summed E-state index contributed by atoms with van der Waals surface area (Å²) in [7, 11) is 0. The van der Waals surface area contributed by atoms with Crippen LogP contribution in [0.3, 0.4) is 0 Å². The summed E-state index contributed by atoms with van der Waals surface area (Å²) in [6.07, 6.45) is -4.32. The van der Waals surface area contributed by atoms with E-state index >= 15 is 0 Å². The number of benzene rings is 1. The van der Waals surface area contributed by atoms with Gasteiger partial charge >= 0.3 is 6.18 Å². The average Bonchev–Trinajstić information content (AvgIpc) is 2.45. The van der Waals surface area contributed by atoms with Crippen molar-refractivity contribution in [2.45, 2.75) is 6.18 Å². The minimum absolute atomic E-state index is 0.368. The van der Waals surface area contributed by atoms with Crippen LogP contribution in [-0.4, -0.2) is 0 Å². The van der Waals surface area contributed by atoms with E-state index in [1.54, 1.807) is 0 Å². The number of furan rings is 1. The highest BCUT2D eigenvalue weighted by atomic mass is 19.4. The van der Waals surface area contributed by atoms with Crippen molar-refractivity contribution in [2.75, 3.05) is 0 Å². The molecule has 0 N–H and O–H groups in total. The van der Waals surface area contributed by atoms with Crippen LogP contribution in [0.5, 0.6) is 0 Å². The molecule has 2 aromatic rings. The Morgan fingerprint density at radius 1 is 1.07 bits per heavy atom. The summed E-state index contributed by atoms with van der Waals surface area (Å²) in [5, 5.41) is -0.611. The molecule has 0 bridgehead atoms. The van der Waals surface area contributed by atoms with Gasteiger partial charge in [-0.2, -0.15) is 13.2 Å². The Hall–Kier alpha value is -1.59. The van der Waals surface area contributed by atoms with E-state index in [0.29, 0.717) is 18.4 Å². The molecule has 6 heteroatoms. The Balaban J connectivity index is 2.80. The van der Waals surface area contributed by atoms with Crippen LogP contribution < -0.4 is 0 Å². The van der Waals surface area contributed by atoms with Gasteiger partial charge in [-0.1, -0.05) is 0 Å². The van der Waals surface area contributed by atoms with E-state index in [1.807, 2.05) is 0 Å². The fourth-order valence-corrected chi connectivity index (χ4v) is 1.28. The van der Waals surface area contributed by atoms with Crippen LogP contribution in [0.2, 0.25) is 0 Å². The van der Waals surface area contributed by atoms with Gasteiger partial charge in [-0.15, -0.1) is 0 Å². The van der Waals surface area contributed by atoms with Gasteiger partial charge in [0.05, 0.1) is 0 Å². The molecule has 0 aliphatic rings. The van der Waals surface area contributed by atoms with Gasteiger partial charge in [-0.05, 0) is 6.07 Å². The third-order valence-electron chi connectivity index (χ3n) is 1.90. The fraction of sp³-hybridized carbons (Fsp3) is 0.111. The molecular formula is C9H3F5O. The van der Waals surface area contributed by atoms with E-state index in [4.69, 9.17) is 0 Å². The van der Waals surface area contributed by atoms with Gasteiger partial charge in [0.15, 0.2) is 11.4 Å². The molecular weight excluding hydrogens is 219 g/mol. The zero-order valence-corrected chi connectivity index (χ0v) is 7.03. The van der Waals surface area contributed by atoms with Crippen LogP contribution in [0, 0.1) is 11.6 Å². The molecule has 80 valence electrons. The molecule has 0 spiro atoms. The van der Waals surface area contributed by atoms with Crippen molar-refractivity contribution in [3.05, 3.63) is 35.6 Å². The SMILES string of the molecule is Fc1cc(F)c2occ(C(F)(F)F)c2c1. The number of alkyl halides is 3. The van der Waals surface area contributed by atoms with Crippen molar-refractivity contribution < 1.29 is 26.4 Å². The molecule has 1 aromatic heterocycles. The monoisotopic (exact) mass is 222 g/mol. The number of hydrogen-bond donors (Lipinski definition) is 0. The van der Waals surface area contributed by atoms with E-state index in [0.717, 1.165) is 0 Å². The lowest BCUT2D eigenvalue weighted by molar-refractivity contribution is -0.136. The second-order valence-corrected chi connectivity index (χ2v) is 2.91. The zero-order chi connectivity index (χ0) is 11.2. The number of fused-ring (bicyclic) bond motifs is 1. The maximum absolute atomic E-state index is 12.9. The van der Waals surface area contributed by atoms with Gasteiger partial charge < -0.3 is 4.42 Å². The zero-order valence-electron chi connectivity index (χ0n) is 7.03. The number of rotatable bonds is 0. The van der Waals surface area contributed by atoms with Gasteiger partial charge in [0.1, 0.15) is 17.6 Å². The van der Waals surface area contributed by atoms with Crippen molar-refractivity contribution in [3.63, 3.8) is 0 Å². The summed E-state index contributed by atoms with van der Waals surface area (Å²) in [5.74, 6) is -2.23. The molecule has 0 amide bonds. The maximum atomic E-state index is 12.9. The summed E-state index contributed by atoms with van der Waals surface area (Å²) in [6, 6.07) is 1.05. The third kappa shape index (κ3) is 1.55. The van der Waals surface area contributed by atoms with Crippen LogP contribution >= 0.6 is 0 Å². The molecule has 0 radical (unpaired) electrons.